The number of carbonyl (C=O) groups excluding carboxylic acids is 1. The van der Waals surface area contributed by atoms with Crippen molar-refractivity contribution in [1.82, 2.24) is 0 Å². The fourth-order valence-electron chi connectivity index (χ4n) is 0.294. The highest BCUT2D eigenvalue weighted by atomic mass is 31.1. The molecule has 0 saturated carbocycles. The van der Waals surface area contributed by atoms with Crippen molar-refractivity contribution in [2.24, 2.45) is 0 Å². The summed E-state index contributed by atoms with van der Waals surface area (Å²) in [4.78, 5) is 18.5. The largest absolute Gasteiger partial charge is 0.346 e. The quantitative estimate of drug-likeness (QED) is 0.572. The van der Waals surface area contributed by atoms with Gasteiger partial charge in [0.1, 0.15) is 5.78 Å². The molecule has 0 aliphatic rings. The second kappa shape index (κ2) is 3.81. The van der Waals surface area contributed by atoms with Gasteiger partial charge in [-0.3, -0.25) is 9.36 Å². The summed E-state index contributed by atoms with van der Waals surface area (Å²) in [6.45, 7) is 1.67. The third-order valence-electron chi connectivity index (χ3n) is 0.743. The Morgan fingerprint density at radius 1 is 1.75 bits per heavy atom. The summed E-state index contributed by atoms with van der Waals surface area (Å²) >= 11 is 0. The van der Waals surface area contributed by atoms with Crippen LogP contribution in [-0.4, -0.2) is 16.8 Å². The lowest BCUT2D eigenvalue weighted by molar-refractivity contribution is -0.116. The Balaban J connectivity index is 3.40. The highest BCUT2D eigenvalue weighted by Crippen LogP contribution is 2.11. The van der Waals surface area contributed by atoms with E-state index in [0.717, 1.165) is 0 Å². The van der Waals surface area contributed by atoms with Gasteiger partial charge in [0.25, 0.3) is 0 Å². The third-order valence-corrected chi connectivity index (χ3v) is 1.44. The topological polar surface area (TPSA) is 54.4 Å². The number of Topliss-reactive ketones (excluding diaryl/α,β-unsaturated/α-hetero) is 1. The van der Waals surface area contributed by atoms with Crippen LogP contribution in [0.3, 0.4) is 0 Å². The second-order valence-corrected chi connectivity index (χ2v) is 2.60. The first-order valence-corrected chi connectivity index (χ1v) is 3.96. The summed E-state index contributed by atoms with van der Waals surface area (Å²) in [7, 11) is -2.55. The first kappa shape index (κ1) is 7.86. The number of rotatable bonds is 3. The Kier molecular flexibility index (Phi) is 3.75. The van der Waals surface area contributed by atoms with E-state index in [9.17, 15) is 9.36 Å². The minimum Gasteiger partial charge on any atom is -0.346 e. The lowest BCUT2D eigenvalue weighted by atomic mass is 10.4. The molecule has 0 aromatic rings. The van der Waals surface area contributed by atoms with Gasteiger partial charge in [0.2, 0.25) is 0 Å². The van der Waals surface area contributed by atoms with Crippen LogP contribution >= 0.6 is 8.03 Å². The highest BCUT2D eigenvalue weighted by Gasteiger charge is 1.99. The minimum atomic E-state index is -2.55. The normalized spacial score (nSPS) is 13.2. The summed E-state index contributed by atoms with van der Waals surface area (Å²) in [5.41, 5.74) is 0. The molecule has 0 rings (SSSR count). The van der Waals surface area contributed by atoms with E-state index in [-0.39, 0.29) is 11.9 Å². The monoisotopic (exact) mass is 136 g/mol. The van der Waals surface area contributed by atoms with Crippen LogP contribution in [0.25, 0.3) is 0 Å². The number of carbonyl (C=O) groups is 1. The summed E-state index contributed by atoms with van der Waals surface area (Å²) in [5.74, 6) is -0.142. The third kappa shape index (κ3) is 4.03. The highest BCUT2D eigenvalue weighted by molar-refractivity contribution is 7.39. The van der Waals surface area contributed by atoms with Crippen LogP contribution in [0, 0.1) is 0 Å². The molecule has 0 aliphatic carbocycles. The fourth-order valence-corrected chi connectivity index (χ4v) is 0.881. The molecule has 0 aromatic carbocycles. The molecule has 0 saturated heterocycles. The van der Waals surface area contributed by atoms with Crippen molar-refractivity contribution in [2.45, 2.75) is 13.3 Å². The van der Waals surface area contributed by atoms with Gasteiger partial charge in [-0.05, 0) is 0 Å². The average molecular weight is 136 g/mol. The lowest BCUT2D eigenvalue weighted by Gasteiger charge is -1.88. The van der Waals surface area contributed by atoms with E-state index in [4.69, 9.17) is 4.89 Å². The smallest absolute Gasteiger partial charge is 0.196 e. The zero-order valence-electron chi connectivity index (χ0n) is 4.68. The van der Waals surface area contributed by atoms with E-state index in [1.807, 2.05) is 0 Å². The van der Waals surface area contributed by atoms with Gasteiger partial charge in [0.15, 0.2) is 8.03 Å². The van der Waals surface area contributed by atoms with Crippen molar-refractivity contribution in [3.8, 4) is 0 Å². The molecular formula is C4H9O3P. The maximum Gasteiger partial charge on any atom is 0.196 e. The number of hydrogen-bond acceptors (Lipinski definition) is 2. The molecule has 0 spiro atoms. The molecule has 1 unspecified atom stereocenters. The maximum atomic E-state index is 10.3. The molecule has 3 nitrogen and oxygen atoms in total. The molecule has 1 atom stereocenters. The Bertz CT molecular complexity index is 110. The van der Waals surface area contributed by atoms with Gasteiger partial charge < -0.3 is 4.89 Å². The van der Waals surface area contributed by atoms with Crippen molar-refractivity contribution >= 4 is 13.8 Å². The summed E-state index contributed by atoms with van der Waals surface area (Å²) in [6, 6.07) is 0. The first-order valence-electron chi connectivity index (χ1n) is 2.40. The molecule has 0 bridgehead atoms. The van der Waals surface area contributed by atoms with Gasteiger partial charge in [-0.2, -0.15) is 0 Å². The van der Waals surface area contributed by atoms with Crippen LogP contribution in [0.5, 0.6) is 0 Å². The van der Waals surface area contributed by atoms with Crippen molar-refractivity contribution in [2.75, 3.05) is 6.16 Å². The molecule has 1 N–H and O–H groups in total. The van der Waals surface area contributed by atoms with E-state index < -0.39 is 8.03 Å². The molecule has 0 radical (unpaired) electrons. The number of hydrogen-bond donors (Lipinski definition) is 1. The van der Waals surface area contributed by atoms with E-state index >= 15 is 0 Å². The van der Waals surface area contributed by atoms with Gasteiger partial charge in [-0.15, -0.1) is 0 Å². The molecule has 4 heteroatoms. The van der Waals surface area contributed by atoms with Crippen molar-refractivity contribution in [3.05, 3.63) is 0 Å². The lowest BCUT2D eigenvalue weighted by Crippen LogP contribution is -1.96. The zero-order chi connectivity index (χ0) is 6.57. The molecule has 0 fully saturated rings. The predicted molar refractivity (Wildman–Crippen MR) is 31.4 cm³/mol. The van der Waals surface area contributed by atoms with Gasteiger partial charge in [-0.25, -0.2) is 0 Å². The van der Waals surface area contributed by atoms with E-state index in [1.165, 1.54) is 0 Å². The Morgan fingerprint density at radius 3 is 2.38 bits per heavy atom. The van der Waals surface area contributed by atoms with E-state index in [2.05, 4.69) is 0 Å². The number of ketones is 1. The summed E-state index contributed by atoms with van der Waals surface area (Å²) in [5, 5.41) is 0. The van der Waals surface area contributed by atoms with Crippen LogP contribution in [0.2, 0.25) is 0 Å². The van der Waals surface area contributed by atoms with Crippen LogP contribution in [0.4, 0.5) is 0 Å². The summed E-state index contributed by atoms with van der Waals surface area (Å²) < 4.78 is 9.93. The molecule has 8 heavy (non-hydrogen) atoms. The molecule has 48 valence electrons. The molecule has 0 heterocycles. The van der Waals surface area contributed by atoms with Gasteiger partial charge >= 0.3 is 0 Å². The maximum absolute atomic E-state index is 10.3. The van der Waals surface area contributed by atoms with Gasteiger partial charge in [0, 0.05) is 6.42 Å². The van der Waals surface area contributed by atoms with Crippen molar-refractivity contribution in [1.29, 1.82) is 0 Å². The zero-order valence-corrected chi connectivity index (χ0v) is 5.68. The molecule has 0 aromatic heterocycles. The average Bonchev–Trinajstić information content (AvgIpc) is 1.65. The van der Waals surface area contributed by atoms with Gasteiger partial charge in [0.05, 0.1) is 6.16 Å². The van der Waals surface area contributed by atoms with Gasteiger partial charge in [-0.1, -0.05) is 6.92 Å². The minimum absolute atomic E-state index is 0.142. The van der Waals surface area contributed by atoms with Crippen LogP contribution in [0.1, 0.15) is 13.3 Å². The standard InChI is InChI=1S/C4H9O3P/c1-2-4(5)3-8(6)7/h8H,2-3H2,1H3,(H,6,7). The second-order valence-electron chi connectivity index (χ2n) is 1.46. The Labute approximate surface area is 48.6 Å². The van der Waals surface area contributed by atoms with Crippen LogP contribution < -0.4 is 0 Å². The van der Waals surface area contributed by atoms with Crippen LogP contribution in [-0.2, 0) is 9.36 Å². The first-order chi connectivity index (χ1) is 3.66. The van der Waals surface area contributed by atoms with E-state index in [1.54, 1.807) is 6.92 Å². The van der Waals surface area contributed by atoms with Crippen LogP contribution in [0.15, 0.2) is 0 Å². The summed E-state index contributed by atoms with van der Waals surface area (Å²) in [6.07, 6.45) is 0.206. The Hall–Kier alpha value is -0.140. The Morgan fingerprint density at radius 2 is 2.25 bits per heavy atom. The van der Waals surface area contributed by atoms with Crippen molar-refractivity contribution < 1.29 is 14.3 Å². The van der Waals surface area contributed by atoms with Crippen molar-refractivity contribution in [3.63, 3.8) is 0 Å². The molecular weight excluding hydrogens is 127 g/mol. The SMILES string of the molecule is CCC(=O)C[PH](=O)O. The van der Waals surface area contributed by atoms with E-state index in [0.29, 0.717) is 6.42 Å². The molecule has 0 amide bonds. The predicted octanol–water partition coefficient (Wildman–Crippen LogP) is 0.432. The fraction of sp³-hybridized carbons (Fsp3) is 0.750. The molecule has 0 aliphatic heterocycles.